The molecule has 0 amide bonds. The Morgan fingerprint density at radius 3 is 2.43 bits per heavy atom. The van der Waals surface area contributed by atoms with Crippen molar-refractivity contribution in [2.45, 2.75) is 32.4 Å². The Labute approximate surface area is 44.3 Å². The molecule has 0 saturated heterocycles. The quantitative estimate of drug-likeness (QED) is 0.476. The molecule has 0 aliphatic carbocycles. The maximum absolute atomic E-state index is 8.57. The van der Waals surface area contributed by atoms with E-state index in [0.29, 0.717) is 0 Å². The lowest BCUT2D eigenvalue weighted by molar-refractivity contribution is -0.483. The lowest BCUT2D eigenvalue weighted by Gasteiger charge is -1.95. The van der Waals surface area contributed by atoms with Gasteiger partial charge in [0, 0.05) is 6.42 Å². The number of aliphatic hydroxyl groups is 1. The Kier molecular flexibility index (Phi) is 4.04. The molecule has 0 radical (unpaired) electrons. The van der Waals surface area contributed by atoms with Crippen LogP contribution in [0.15, 0.2) is 0 Å². The SMILES string of the molecule is CCCCC([NH3+])O. The van der Waals surface area contributed by atoms with Crippen LogP contribution in [0.5, 0.6) is 0 Å². The molecule has 0 fully saturated rings. The van der Waals surface area contributed by atoms with Gasteiger partial charge in [-0.2, -0.15) is 0 Å². The summed E-state index contributed by atoms with van der Waals surface area (Å²) in [5, 5.41) is 8.57. The molecule has 0 aliphatic heterocycles. The zero-order chi connectivity index (χ0) is 5.70. The van der Waals surface area contributed by atoms with Crippen LogP contribution in [0.2, 0.25) is 0 Å². The Balaban J connectivity index is 2.68. The molecule has 2 nitrogen and oxygen atoms in total. The minimum atomic E-state index is -0.347. The summed E-state index contributed by atoms with van der Waals surface area (Å²) in [7, 11) is 0. The minimum absolute atomic E-state index is 0.347. The van der Waals surface area contributed by atoms with E-state index in [4.69, 9.17) is 5.11 Å². The van der Waals surface area contributed by atoms with Crippen LogP contribution in [0.1, 0.15) is 26.2 Å². The van der Waals surface area contributed by atoms with Gasteiger partial charge in [-0.3, -0.25) is 0 Å². The topological polar surface area (TPSA) is 47.9 Å². The van der Waals surface area contributed by atoms with Gasteiger partial charge in [0.2, 0.25) is 0 Å². The first kappa shape index (κ1) is 6.92. The van der Waals surface area contributed by atoms with E-state index in [9.17, 15) is 0 Å². The van der Waals surface area contributed by atoms with E-state index in [1.807, 2.05) is 0 Å². The van der Waals surface area contributed by atoms with Crippen LogP contribution >= 0.6 is 0 Å². The maximum Gasteiger partial charge on any atom is 0.185 e. The molecule has 0 aromatic rings. The van der Waals surface area contributed by atoms with E-state index >= 15 is 0 Å². The number of hydrogen-bond acceptors (Lipinski definition) is 1. The predicted molar refractivity (Wildman–Crippen MR) is 28.4 cm³/mol. The highest BCUT2D eigenvalue weighted by Gasteiger charge is 1.94. The van der Waals surface area contributed by atoms with Crippen LogP contribution in [0.3, 0.4) is 0 Å². The first-order valence-electron chi connectivity index (χ1n) is 2.78. The summed E-state index contributed by atoms with van der Waals surface area (Å²) in [4.78, 5) is 0. The molecule has 7 heavy (non-hydrogen) atoms. The van der Waals surface area contributed by atoms with Crippen molar-refractivity contribution in [1.82, 2.24) is 0 Å². The van der Waals surface area contributed by atoms with Gasteiger partial charge in [0.25, 0.3) is 0 Å². The van der Waals surface area contributed by atoms with E-state index in [0.717, 1.165) is 19.3 Å². The number of hydrogen-bond donors (Lipinski definition) is 2. The van der Waals surface area contributed by atoms with Crippen LogP contribution in [0, 0.1) is 0 Å². The first-order chi connectivity index (χ1) is 3.27. The first-order valence-corrected chi connectivity index (χ1v) is 2.78. The average Bonchev–Trinajstić information content (AvgIpc) is 1.61. The van der Waals surface area contributed by atoms with Crippen molar-refractivity contribution in [3.63, 3.8) is 0 Å². The maximum atomic E-state index is 8.57. The van der Waals surface area contributed by atoms with E-state index in [1.165, 1.54) is 0 Å². The van der Waals surface area contributed by atoms with Crippen molar-refractivity contribution in [2.75, 3.05) is 0 Å². The summed E-state index contributed by atoms with van der Waals surface area (Å²) >= 11 is 0. The van der Waals surface area contributed by atoms with Gasteiger partial charge in [-0.15, -0.1) is 0 Å². The fourth-order valence-electron chi connectivity index (χ4n) is 0.440. The lowest BCUT2D eigenvalue weighted by Crippen LogP contribution is -2.60. The third kappa shape index (κ3) is 5.92. The predicted octanol–water partition coefficient (Wildman–Crippen LogP) is -0.263. The second-order valence-electron chi connectivity index (χ2n) is 1.80. The summed E-state index contributed by atoms with van der Waals surface area (Å²) in [6, 6.07) is 0. The number of quaternary nitrogens is 1. The van der Waals surface area contributed by atoms with Crippen LogP contribution in [0.25, 0.3) is 0 Å². The molecule has 1 unspecified atom stereocenters. The highest BCUT2D eigenvalue weighted by molar-refractivity contribution is 4.35. The Morgan fingerprint density at radius 1 is 1.71 bits per heavy atom. The fraction of sp³-hybridized carbons (Fsp3) is 1.00. The number of rotatable bonds is 3. The zero-order valence-corrected chi connectivity index (χ0v) is 4.85. The standard InChI is InChI=1S/C5H13NO/c1-2-3-4-5(6)7/h5,7H,2-4,6H2,1H3/p+1. The van der Waals surface area contributed by atoms with E-state index in [-0.39, 0.29) is 6.23 Å². The van der Waals surface area contributed by atoms with Crippen LogP contribution in [0.4, 0.5) is 0 Å². The van der Waals surface area contributed by atoms with Gasteiger partial charge in [-0.1, -0.05) is 13.3 Å². The molecule has 0 rings (SSSR count). The molecule has 0 aromatic carbocycles. The fourth-order valence-corrected chi connectivity index (χ4v) is 0.440. The van der Waals surface area contributed by atoms with Gasteiger partial charge in [0.1, 0.15) is 0 Å². The van der Waals surface area contributed by atoms with Gasteiger partial charge < -0.3 is 10.8 Å². The smallest absolute Gasteiger partial charge is 0.185 e. The molecule has 0 bridgehead atoms. The van der Waals surface area contributed by atoms with E-state index < -0.39 is 0 Å². The molecule has 0 aromatic heterocycles. The Hall–Kier alpha value is -0.0800. The van der Waals surface area contributed by atoms with Crippen molar-refractivity contribution >= 4 is 0 Å². The third-order valence-electron chi connectivity index (χ3n) is 0.891. The van der Waals surface area contributed by atoms with Gasteiger partial charge in [-0.05, 0) is 6.42 Å². The van der Waals surface area contributed by atoms with Crippen molar-refractivity contribution in [3.8, 4) is 0 Å². The summed E-state index contributed by atoms with van der Waals surface area (Å²) in [6.07, 6.45) is 2.73. The minimum Gasteiger partial charge on any atom is -0.345 e. The number of aliphatic hydroxyl groups excluding tert-OH is 1. The average molecular weight is 104 g/mol. The Morgan fingerprint density at radius 2 is 2.29 bits per heavy atom. The monoisotopic (exact) mass is 104 g/mol. The molecule has 0 aliphatic rings. The lowest BCUT2D eigenvalue weighted by atomic mass is 10.2. The zero-order valence-electron chi connectivity index (χ0n) is 4.85. The van der Waals surface area contributed by atoms with Gasteiger partial charge in [0.05, 0.1) is 0 Å². The highest BCUT2D eigenvalue weighted by atomic mass is 16.3. The van der Waals surface area contributed by atoms with Gasteiger partial charge in [0.15, 0.2) is 6.23 Å². The molecule has 0 saturated carbocycles. The van der Waals surface area contributed by atoms with Crippen LogP contribution in [-0.4, -0.2) is 11.3 Å². The molecule has 0 spiro atoms. The van der Waals surface area contributed by atoms with E-state index in [2.05, 4.69) is 12.7 Å². The summed E-state index contributed by atoms with van der Waals surface area (Å²) < 4.78 is 0. The molecule has 1 atom stereocenters. The van der Waals surface area contributed by atoms with Crippen LogP contribution < -0.4 is 5.73 Å². The largest absolute Gasteiger partial charge is 0.345 e. The Bertz CT molecular complexity index is 37.1. The van der Waals surface area contributed by atoms with Crippen LogP contribution in [-0.2, 0) is 0 Å². The van der Waals surface area contributed by atoms with Crippen molar-refractivity contribution < 1.29 is 10.8 Å². The third-order valence-corrected chi connectivity index (χ3v) is 0.891. The molecule has 4 N–H and O–H groups in total. The van der Waals surface area contributed by atoms with Crippen molar-refractivity contribution in [2.24, 2.45) is 0 Å². The van der Waals surface area contributed by atoms with Gasteiger partial charge in [-0.25, -0.2) is 0 Å². The summed E-state index contributed by atoms with van der Waals surface area (Å²) in [5.74, 6) is 0. The van der Waals surface area contributed by atoms with Crippen molar-refractivity contribution in [3.05, 3.63) is 0 Å². The molecule has 0 heterocycles. The summed E-state index contributed by atoms with van der Waals surface area (Å²) in [5.41, 5.74) is 3.43. The second-order valence-corrected chi connectivity index (χ2v) is 1.80. The highest BCUT2D eigenvalue weighted by Crippen LogP contribution is 1.92. The summed E-state index contributed by atoms with van der Waals surface area (Å²) in [6.45, 7) is 2.10. The van der Waals surface area contributed by atoms with Crippen molar-refractivity contribution in [1.29, 1.82) is 0 Å². The second kappa shape index (κ2) is 4.09. The molecule has 2 heteroatoms. The molecular formula is C5H14NO+. The molecule has 44 valence electrons. The molecular weight excluding hydrogens is 90.1 g/mol. The van der Waals surface area contributed by atoms with Gasteiger partial charge >= 0.3 is 0 Å². The van der Waals surface area contributed by atoms with E-state index in [1.54, 1.807) is 0 Å². The number of unbranched alkanes of at least 4 members (excludes halogenated alkanes) is 1. The normalized spacial score (nSPS) is 14.1.